The van der Waals surface area contributed by atoms with E-state index in [0.29, 0.717) is 0 Å². The van der Waals surface area contributed by atoms with Gasteiger partial charge in [0.1, 0.15) is 11.5 Å². The Balaban J connectivity index is 3.01. The third kappa shape index (κ3) is 3.49. The lowest BCUT2D eigenvalue weighted by Crippen LogP contribution is -2.17. The number of benzene rings is 1. The van der Waals surface area contributed by atoms with Gasteiger partial charge in [-0.25, -0.2) is 0 Å². The SMILES string of the molecule is C=CCCC(NC)c1cc(OC)ccc1OC. The van der Waals surface area contributed by atoms with Crippen LogP contribution in [0.25, 0.3) is 0 Å². The molecule has 0 heterocycles. The van der Waals surface area contributed by atoms with Crippen molar-refractivity contribution in [1.29, 1.82) is 0 Å². The highest BCUT2D eigenvalue weighted by molar-refractivity contribution is 5.42. The summed E-state index contributed by atoms with van der Waals surface area (Å²) < 4.78 is 10.6. The molecular formula is C14H21NO2. The van der Waals surface area contributed by atoms with Crippen LogP contribution in [0.4, 0.5) is 0 Å². The van der Waals surface area contributed by atoms with E-state index in [1.807, 2.05) is 31.3 Å². The lowest BCUT2D eigenvalue weighted by atomic mass is 10.0. The monoisotopic (exact) mass is 235 g/mol. The van der Waals surface area contributed by atoms with Gasteiger partial charge in [0.25, 0.3) is 0 Å². The van der Waals surface area contributed by atoms with Crippen molar-refractivity contribution in [2.75, 3.05) is 21.3 Å². The highest BCUT2D eigenvalue weighted by Crippen LogP contribution is 2.31. The molecule has 1 rings (SSSR count). The highest BCUT2D eigenvalue weighted by Gasteiger charge is 2.14. The highest BCUT2D eigenvalue weighted by atomic mass is 16.5. The molecule has 0 amide bonds. The summed E-state index contributed by atoms with van der Waals surface area (Å²) in [6.45, 7) is 3.75. The van der Waals surface area contributed by atoms with Crippen molar-refractivity contribution in [3.63, 3.8) is 0 Å². The van der Waals surface area contributed by atoms with Crippen LogP contribution in [0.1, 0.15) is 24.4 Å². The number of rotatable bonds is 7. The van der Waals surface area contributed by atoms with Gasteiger partial charge in [0.2, 0.25) is 0 Å². The molecular weight excluding hydrogens is 214 g/mol. The molecule has 0 bridgehead atoms. The fourth-order valence-corrected chi connectivity index (χ4v) is 1.85. The van der Waals surface area contributed by atoms with E-state index in [4.69, 9.17) is 9.47 Å². The van der Waals surface area contributed by atoms with Crippen LogP contribution < -0.4 is 14.8 Å². The number of hydrogen-bond acceptors (Lipinski definition) is 3. The Hall–Kier alpha value is -1.48. The molecule has 0 aromatic heterocycles. The summed E-state index contributed by atoms with van der Waals surface area (Å²) >= 11 is 0. The number of ether oxygens (including phenoxy) is 2. The smallest absolute Gasteiger partial charge is 0.123 e. The predicted octanol–water partition coefficient (Wildman–Crippen LogP) is 2.93. The average molecular weight is 235 g/mol. The Bertz CT molecular complexity index is 363. The number of hydrogen-bond donors (Lipinski definition) is 1. The maximum absolute atomic E-state index is 5.39. The fourth-order valence-electron chi connectivity index (χ4n) is 1.85. The molecule has 0 saturated carbocycles. The molecule has 3 nitrogen and oxygen atoms in total. The van der Waals surface area contributed by atoms with Gasteiger partial charge in [0.05, 0.1) is 14.2 Å². The van der Waals surface area contributed by atoms with Crippen LogP contribution in [-0.4, -0.2) is 21.3 Å². The van der Waals surface area contributed by atoms with E-state index in [1.165, 1.54) is 0 Å². The molecule has 1 aromatic rings. The first-order valence-corrected chi connectivity index (χ1v) is 5.76. The molecule has 17 heavy (non-hydrogen) atoms. The molecule has 0 aliphatic rings. The van der Waals surface area contributed by atoms with E-state index in [2.05, 4.69) is 11.9 Å². The Morgan fingerprint density at radius 1 is 1.35 bits per heavy atom. The van der Waals surface area contributed by atoms with Crippen molar-refractivity contribution >= 4 is 0 Å². The minimum Gasteiger partial charge on any atom is -0.497 e. The minimum atomic E-state index is 0.248. The molecule has 0 fully saturated rings. The summed E-state index contributed by atoms with van der Waals surface area (Å²) in [6.07, 6.45) is 3.88. The molecule has 1 aromatic carbocycles. The first kappa shape index (κ1) is 13.6. The van der Waals surface area contributed by atoms with Gasteiger partial charge < -0.3 is 14.8 Å². The van der Waals surface area contributed by atoms with Crippen LogP contribution in [-0.2, 0) is 0 Å². The molecule has 1 atom stereocenters. The Morgan fingerprint density at radius 3 is 2.65 bits per heavy atom. The van der Waals surface area contributed by atoms with E-state index in [1.54, 1.807) is 14.2 Å². The second kappa shape index (κ2) is 6.97. The maximum atomic E-state index is 5.39. The summed E-state index contributed by atoms with van der Waals surface area (Å²) in [5.74, 6) is 1.73. The van der Waals surface area contributed by atoms with Crippen molar-refractivity contribution in [3.8, 4) is 11.5 Å². The van der Waals surface area contributed by atoms with Crippen molar-refractivity contribution in [2.24, 2.45) is 0 Å². The van der Waals surface area contributed by atoms with Crippen LogP contribution in [0.15, 0.2) is 30.9 Å². The van der Waals surface area contributed by atoms with Gasteiger partial charge in [-0.2, -0.15) is 0 Å². The van der Waals surface area contributed by atoms with Crippen LogP contribution in [0.5, 0.6) is 11.5 Å². The van der Waals surface area contributed by atoms with Crippen LogP contribution in [0, 0.1) is 0 Å². The molecule has 0 saturated heterocycles. The topological polar surface area (TPSA) is 30.5 Å². The van der Waals surface area contributed by atoms with E-state index >= 15 is 0 Å². The lowest BCUT2D eigenvalue weighted by Gasteiger charge is -2.19. The third-order valence-corrected chi connectivity index (χ3v) is 2.82. The second-order valence-electron chi connectivity index (χ2n) is 3.82. The van der Waals surface area contributed by atoms with E-state index in [0.717, 1.165) is 29.9 Å². The van der Waals surface area contributed by atoms with Crippen molar-refractivity contribution in [1.82, 2.24) is 5.32 Å². The summed E-state index contributed by atoms with van der Waals surface area (Å²) in [7, 11) is 5.31. The first-order chi connectivity index (χ1) is 8.26. The second-order valence-corrected chi connectivity index (χ2v) is 3.82. The zero-order chi connectivity index (χ0) is 12.7. The van der Waals surface area contributed by atoms with Gasteiger partial charge in [-0.3, -0.25) is 0 Å². The largest absolute Gasteiger partial charge is 0.497 e. The number of methoxy groups -OCH3 is 2. The van der Waals surface area contributed by atoms with Crippen molar-refractivity contribution in [3.05, 3.63) is 36.4 Å². The average Bonchev–Trinajstić information content (AvgIpc) is 2.39. The van der Waals surface area contributed by atoms with Crippen molar-refractivity contribution < 1.29 is 9.47 Å². The first-order valence-electron chi connectivity index (χ1n) is 5.76. The summed E-state index contributed by atoms with van der Waals surface area (Å²) in [4.78, 5) is 0. The number of allylic oxidation sites excluding steroid dienone is 1. The zero-order valence-electron chi connectivity index (χ0n) is 10.8. The zero-order valence-corrected chi connectivity index (χ0v) is 10.8. The molecule has 0 radical (unpaired) electrons. The predicted molar refractivity (Wildman–Crippen MR) is 70.8 cm³/mol. The third-order valence-electron chi connectivity index (χ3n) is 2.82. The lowest BCUT2D eigenvalue weighted by molar-refractivity contribution is 0.389. The van der Waals surface area contributed by atoms with Crippen LogP contribution >= 0.6 is 0 Å². The quantitative estimate of drug-likeness (QED) is 0.737. The molecule has 94 valence electrons. The number of nitrogens with one attached hydrogen (secondary N) is 1. The maximum Gasteiger partial charge on any atom is 0.123 e. The van der Waals surface area contributed by atoms with Gasteiger partial charge in [-0.15, -0.1) is 6.58 Å². The van der Waals surface area contributed by atoms with E-state index in [-0.39, 0.29) is 6.04 Å². The molecule has 0 aliphatic carbocycles. The standard InChI is InChI=1S/C14H21NO2/c1-5-6-7-13(15-2)12-10-11(16-3)8-9-14(12)17-4/h5,8-10,13,15H,1,6-7H2,2-4H3. The molecule has 3 heteroatoms. The van der Waals surface area contributed by atoms with Crippen LogP contribution in [0.2, 0.25) is 0 Å². The van der Waals surface area contributed by atoms with Gasteiger partial charge in [0.15, 0.2) is 0 Å². The Labute approximate surface area is 103 Å². The fraction of sp³-hybridized carbons (Fsp3) is 0.429. The summed E-state index contributed by atoms with van der Waals surface area (Å²) in [5, 5.41) is 3.30. The van der Waals surface area contributed by atoms with Gasteiger partial charge in [0, 0.05) is 11.6 Å². The van der Waals surface area contributed by atoms with Gasteiger partial charge in [-0.05, 0) is 38.1 Å². The Morgan fingerprint density at radius 2 is 2.12 bits per heavy atom. The van der Waals surface area contributed by atoms with Crippen molar-refractivity contribution in [2.45, 2.75) is 18.9 Å². The molecule has 1 unspecified atom stereocenters. The van der Waals surface area contributed by atoms with E-state index in [9.17, 15) is 0 Å². The normalized spacial score (nSPS) is 11.9. The Kier molecular flexibility index (Phi) is 5.57. The minimum absolute atomic E-state index is 0.248. The molecule has 1 N–H and O–H groups in total. The molecule has 0 spiro atoms. The van der Waals surface area contributed by atoms with Gasteiger partial charge >= 0.3 is 0 Å². The van der Waals surface area contributed by atoms with Crippen LogP contribution in [0.3, 0.4) is 0 Å². The summed E-state index contributed by atoms with van der Waals surface area (Å²) in [6, 6.07) is 6.11. The molecule has 0 aliphatic heterocycles. The van der Waals surface area contributed by atoms with E-state index < -0.39 is 0 Å². The summed E-state index contributed by atoms with van der Waals surface area (Å²) in [5.41, 5.74) is 1.12. The van der Waals surface area contributed by atoms with Gasteiger partial charge in [-0.1, -0.05) is 6.08 Å².